The van der Waals surface area contributed by atoms with Gasteiger partial charge in [0.25, 0.3) is 0 Å². The van der Waals surface area contributed by atoms with Crippen molar-refractivity contribution in [2.24, 2.45) is 11.3 Å². The van der Waals surface area contributed by atoms with Gasteiger partial charge in [0.1, 0.15) is 12.2 Å². The number of hydrogen-bond donors (Lipinski definition) is 1. The van der Waals surface area contributed by atoms with Crippen molar-refractivity contribution < 1.29 is 19.4 Å². The molecule has 2 aromatic rings. The van der Waals surface area contributed by atoms with Crippen LogP contribution in [0.1, 0.15) is 64.9 Å². The number of pyridine rings is 1. The van der Waals surface area contributed by atoms with E-state index in [2.05, 4.69) is 49.9 Å². The molecule has 1 aromatic heterocycles. The van der Waals surface area contributed by atoms with E-state index in [4.69, 9.17) is 19.6 Å². The molecule has 4 rings (SSSR count). The number of likely N-dealkylation sites (tertiary alicyclic amines) is 1. The zero-order chi connectivity index (χ0) is 22.7. The molecule has 0 bridgehead atoms. The SMILES string of the molecule is CC(C)(C)[C@H]1CC[C@H](Oc2ccc3cc(CN4CCC(OC(=O)O)CC4)ccc3n2)CC1. The van der Waals surface area contributed by atoms with Gasteiger partial charge in [-0.3, -0.25) is 4.90 Å². The van der Waals surface area contributed by atoms with Crippen LogP contribution in [0.4, 0.5) is 4.79 Å². The summed E-state index contributed by atoms with van der Waals surface area (Å²) >= 11 is 0. The van der Waals surface area contributed by atoms with E-state index in [0.29, 0.717) is 5.41 Å². The fraction of sp³-hybridized carbons (Fsp3) is 0.615. The van der Waals surface area contributed by atoms with Gasteiger partial charge in [-0.05, 0) is 73.6 Å². The summed E-state index contributed by atoms with van der Waals surface area (Å²) in [4.78, 5) is 17.8. The quantitative estimate of drug-likeness (QED) is 0.586. The van der Waals surface area contributed by atoms with Gasteiger partial charge < -0.3 is 14.6 Å². The van der Waals surface area contributed by atoms with Crippen molar-refractivity contribution in [3.8, 4) is 5.88 Å². The second-order valence-corrected chi connectivity index (χ2v) is 10.5. The van der Waals surface area contributed by atoms with E-state index in [1.165, 1.54) is 18.4 Å². The predicted octanol–water partition coefficient (Wildman–Crippen LogP) is 5.88. The Morgan fingerprint density at radius 1 is 1.03 bits per heavy atom. The van der Waals surface area contributed by atoms with Crippen molar-refractivity contribution >= 4 is 17.1 Å². The Hall–Kier alpha value is -2.34. The molecule has 6 heteroatoms. The summed E-state index contributed by atoms with van der Waals surface area (Å²) in [5.74, 6) is 1.51. The Bertz CT molecular complexity index is 923. The number of rotatable bonds is 5. The third kappa shape index (κ3) is 5.91. The van der Waals surface area contributed by atoms with Crippen molar-refractivity contribution in [1.29, 1.82) is 0 Å². The molecule has 32 heavy (non-hydrogen) atoms. The van der Waals surface area contributed by atoms with Crippen LogP contribution in [-0.4, -0.2) is 46.4 Å². The number of carboxylic acid groups (broad SMARTS) is 1. The average Bonchev–Trinajstić information content (AvgIpc) is 2.75. The van der Waals surface area contributed by atoms with Crippen LogP contribution in [0.5, 0.6) is 5.88 Å². The van der Waals surface area contributed by atoms with E-state index in [1.54, 1.807) is 0 Å². The predicted molar refractivity (Wildman–Crippen MR) is 125 cm³/mol. The molecule has 6 nitrogen and oxygen atoms in total. The maximum atomic E-state index is 10.7. The van der Waals surface area contributed by atoms with Crippen LogP contribution in [0.25, 0.3) is 10.9 Å². The fourth-order valence-electron chi connectivity index (χ4n) is 5.12. The van der Waals surface area contributed by atoms with Crippen LogP contribution in [0.3, 0.4) is 0 Å². The number of ether oxygens (including phenoxy) is 2. The molecule has 0 radical (unpaired) electrons. The Kier molecular flexibility index (Phi) is 6.89. The number of nitrogens with zero attached hydrogens (tertiary/aromatic N) is 2. The number of hydrogen-bond acceptors (Lipinski definition) is 5. The smallest absolute Gasteiger partial charge is 0.474 e. The summed E-state index contributed by atoms with van der Waals surface area (Å²) in [6.45, 7) is 9.57. The first-order valence-corrected chi connectivity index (χ1v) is 11.9. The minimum Gasteiger partial charge on any atom is -0.474 e. The number of aromatic nitrogens is 1. The summed E-state index contributed by atoms with van der Waals surface area (Å²) in [6, 6.07) is 10.5. The van der Waals surface area contributed by atoms with E-state index < -0.39 is 6.16 Å². The van der Waals surface area contributed by atoms with Crippen molar-refractivity contribution in [2.45, 2.75) is 78.0 Å². The second-order valence-electron chi connectivity index (χ2n) is 10.5. The van der Waals surface area contributed by atoms with Gasteiger partial charge in [0, 0.05) is 31.1 Å². The first-order chi connectivity index (χ1) is 15.3. The third-order valence-corrected chi connectivity index (χ3v) is 7.12. The van der Waals surface area contributed by atoms with E-state index in [0.717, 1.165) is 68.0 Å². The highest BCUT2D eigenvalue weighted by Crippen LogP contribution is 2.38. The van der Waals surface area contributed by atoms with Crippen molar-refractivity contribution in [3.63, 3.8) is 0 Å². The first kappa shape index (κ1) is 22.8. The number of fused-ring (bicyclic) bond motifs is 1. The molecule has 1 aliphatic heterocycles. The van der Waals surface area contributed by atoms with Crippen LogP contribution in [-0.2, 0) is 11.3 Å². The van der Waals surface area contributed by atoms with Crippen molar-refractivity contribution in [2.75, 3.05) is 13.1 Å². The number of piperidine rings is 1. The van der Waals surface area contributed by atoms with Gasteiger partial charge in [-0.2, -0.15) is 0 Å². The lowest BCUT2D eigenvalue weighted by atomic mass is 9.72. The van der Waals surface area contributed by atoms with Crippen molar-refractivity contribution in [3.05, 3.63) is 35.9 Å². The molecule has 2 fully saturated rings. The maximum Gasteiger partial charge on any atom is 0.506 e. The van der Waals surface area contributed by atoms with Crippen LogP contribution >= 0.6 is 0 Å². The highest BCUT2D eigenvalue weighted by atomic mass is 16.7. The van der Waals surface area contributed by atoms with Crippen LogP contribution in [0.2, 0.25) is 0 Å². The molecule has 1 N–H and O–H groups in total. The lowest BCUT2D eigenvalue weighted by Crippen LogP contribution is -2.37. The van der Waals surface area contributed by atoms with E-state index >= 15 is 0 Å². The summed E-state index contributed by atoms with van der Waals surface area (Å²) in [7, 11) is 0. The molecule has 174 valence electrons. The lowest BCUT2D eigenvalue weighted by molar-refractivity contribution is 0.0185. The number of carbonyl (C=O) groups is 1. The van der Waals surface area contributed by atoms with Crippen molar-refractivity contribution in [1.82, 2.24) is 9.88 Å². The Morgan fingerprint density at radius 2 is 1.75 bits per heavy atom. The number of benzene rings is 1. The molecule has 2 heterocycles. The van der Waals surface area contributed by atoms with Gasteiger partial charge >= 0.3 is 6.16 Å². The highest BCUT2D eigenvalue weighted by molar-refractivity contribution is 5.79. The van der Waals surface area contributed by atoms with Crippen LogP contribution < -0.4 is 4.74 Å². The monoisotopic (exact) mass is 440 g/mol. The van der Waals surface area contributed by atoms with Crippen LogP contribution in [0.15, 0.2) is 30.3 Å². The Balaban J connectivity index is 1.31. The topological polar surface area (TPSA) is 71.9 Å². The average molecular weight is 441 g/mol. The molecule has 1 saturated carbocycles. The first-order valence-electron chi connectivity index (χ1n) is 11.9. The fourth-order valence-corrected chi connectivity index (χ4v) is 5.12. The van der Waals surface area contributed by atoms with Gasteiger partial charge in [-0.15, -0.1) is 0 Å². The third-order valence-electron chi connectivity index (χ3n) is 7.12. The zero-order valence-electron chi connectivity index (χ0n) is 19.5. The molecule has 0 spiro atoms. The normalized spacial score (nSPS) is 23.2. The second kappa shape index (κ2) is 9.65. The summed E-state index contributed by atoms with van der Waals surface area (Å²) in [6.07, 6.45) is 5.09. The van der Waals surface area contributed by atoms with Gasteiger partial charge in [-0.1, -0.05) is 26.8 Å². The van der Waals surface area contributed by atoms with Gasteiger partial charge in [-0.25, -0.2) is 9.78 Å². The minimum atomic E-state index is -1.17. The summed E-state index contributed by atoms with van der Waals surface area (Å²) < 4.78 is 11.1. The van der Waals surface area contributed by atoms with Crippen LogP contribution in [0, 0.1) is 11.3 Å². The largest absolute Gasteiger partial charge is 0.506 e. The molecular formula is C26H36N2O4. The highest BCUT2D eigenvalue weighted by Gasteiger charge is 2.30. The maximum absolute atomic E-state index is 10.7. The molecule has 2 aliphatic rings. The summed E-state index contributed by atoms with van der Waals surface area (Å²) in [5, 5.41) is 9.89. The lowest BCUT2D eigenvalue weighted by Gasteiger charge is -2.36. The summed E-state index contributed by atoms with van der Waals surface area (Å²) in [5.41, 5.74) is 2.58. The molecule has 1 saturated heterocycles. The van der Waals surface area contributed by atoms with Gasteiger partial charge in [0.05, 0.1) is 5.52 Å². The Morgan fingerprint density at radius 3 is 2.41 bits per heavy atom. The zero-order valence-corrected chi connectivity index (χ0v) is 19.5. The molecule has 0 amide bonds. The molecule has 0 atom stereocenters. The van der Waals surface area contributed by atoms with E-state index in [-0.39, 0.29) is 12.2 Å². The van der Waals surface area contributed by atoms with E-state index in [1.807, 2.05) is 6.07 Å². The molecular weight excluding hydrogens is 404 g/mol. The Labute approximate surface area is 190 Å². The molecule has 0 unspecified atom stereocenters. The molecule has 1 aliphatic carbocycles. The van der Waals surface area contributed by atoms with Gasteiger partial charge in [0.15, 0.2) is 0 Å². The van der Waals surface area contributed by atoms with Gasteiger partial charge in [0.2, 0.25) is 5.88 Å². The molecule has 1 aromatic carbocycles. The standard InChI is InChI=1S/C26H36N2O4/c1-26(2,3)20-6-8-21(9-7-20)31-24-11-5-19-16-18(4-10-23(19)27-24)17-28-14-12-22(13-15-28)32-25(29)30/h4-5,10-11,16,20-22H,6-9,12-15,17H2,1-3H3,(H,29,30)/t20-,21-. The minimum absolute atomic E-state index is 0.175. The van der Waals surface area contributed by atoms with E-state index in [9.17, 15) is 4.79 Å².